The fourth-order valence-electron chi connectivity index (χ4n) is 3.09. The molecular formula is C17H28O3. The van der Waals surface area contributed by atoms with E-state index in [0.29, 0.717) is 6.42 Å². The standard InChI is InChI=1S/C17H28O3/c1-3-4-5-6-7-8-9-11-15(17(19)20-2)14-12-10-13-16(14)18/h3,14-15H,1,4-13H2,2H3. The molecule has 0 heterocycles. The third kappa shape index (κ3) is 5.48. The van der Waals surface area contributed by atoms with Crippen LogP contribution in [0, 0.1) is 11.8 Å². The van der Waals surface area contributed by atoms with Gasteiger partial charge >= 0.3 is 5.97 Å². The van der Waals surface area contributed by atoms with Gasteiger partial charge in [0.1, 0.15) is 5.78 Å². The highest BCUT2D eigenvalue weighted by atomic mass is 16.5. The van der Waals surface area contributed by atoms with Crippen LogP contribution < -0.4 is 0 Å². The molecule has 20 heavy (non-hydrogen) atoms. The first-order valence-corrected chi connectivity index (χ1v) is 7.92. The Morgan fingerprint density at radius 2 is 2.05 bits per heavy atom. The molecule has 0 radical (unpaired) electrons. The molecule has 0 aromatic rings. The monoisotopic (exact) mass is 280 g/mol. The summed E-state index contributed by atoms with van der Waals surface area (Å²) in [6, 6.07) is 0. The highest BCUT2D eigenvalue weighted by Crippen LogP contribution is 2.32. The zero-order chi connectivity index (χ0) is 14.8. The van der Waals surface area contributed by atoms with Gasteiger partial charge in [-0.25, -0.2) is 0 Å². The van der Waals surface area contributed by atoms with Gasteiger partial charge in [-0.2, -0.15) is 0 Å². The number of ether oxygens (including phenoxy) is 1. The quantitative estimate of drug-likeness (QED) is 0.344. The summed E-state index contributed by atoms with van der Waals surface area (Å²) >= 11 is 0. The molecule has 0 N–H and O–H groups in total. The van der Waals surface area contributed by atoms with E-state index in [-0.39, 0.29) is 23.6 Å². The maximum atomic E-state index is 11.9. The molecule has 1 fully saturated rings. The molecule has 0 saturated heterocycles. The molecule has 2 atom stereocenters. The Balaban J connectivity index is 2.29. The van der Waals surface area contributed by atoms with Gasteiger partial charge in [0.15, 0.2) is 0 Å². The molecule has 114 valence electrons. The largest absolute Gasteiger partial charge is 0.469 e. The Labute approximate surface area is 122 Å². The van der Waals surface area contributed by atoms with Crippen LogP contribution in [0.2, 0.25) is 0 Å². The summed E-state index contributed by atoms with van der Waals surface area (Å²) in [7, 11) is 1.42. The average molecular weight is 280 g/mol. The highest BCUT2D eigenvalue weighted by Gasteiger charge is 2.36. The fraction of sp³-hybridized carbons (Fsp3) is 0.765. The van der Waals surface area contributed by atoms with Crippen molar-refractivity contribution in [1.82, 2.24) is 0 Å². The minimum absolute atomic E-state index is 0.0804. The average Bonchev–Trinajstić information content (AvgIpc) is 2.87. The third-order valence-corrected chi connectivity index (χ3v) is 4.26. The molecule has 1 rings (SSSR count). The Morgan fingerprint density at radius 1 is 1.35 bits per heavy atom. The summed E-state index contributed by atoms with van der Waals surface area (Å²) in [5, 5.41) is 0. The van der Waals surface area contributed by atoms with Gasteiger partial charge in [0.05, 0.1) is 13.0 Å². The van der Waals surface area contributed by atoms with E-state index in [9.17, 15) is 9.59 Å². The predicted octanol–water partition coefficient (Wildman–Crippen LogP) is 4.06. The second-order valence-electron chi connectivity index (χ2n) is 5.73. The molecule has 1 aliphatic rings. The van der Waals surface area contributed by atoms with Crippen LogP contribution in [0.3, 0.4) is 0 Å². The fourth-order valence-corrected chi connectivity index (χ4v) is 3.09. The first-order valence-electron chi connectivity index (χ1n) is 7.92. The van der Waals surface area contributed by atoms with E-state index in [4.69, 9.17) is 4.74 Å². The Hall–Kier alpha value is -1.12. The highest BCUT2D eigenvalue weighted by molar-refractivity contribution is 5.88. The predicted molar refractivity (Wildman–Crippen MR) is 80.4 cm³/mol. The summed E-state index contributed by atoms with van der Waals surface area (Å²) in [4.78, 5) is 23.7. The van der Waals surface area contributed by atoms with Crippen molar-refractivity contribution in [1.29, 1.82) is 0 Å². The second kappa shape index (κ2) is 9.73. The molecule has 0 bridgehead atoms. The third-order valence-electron chi connectivity index (χ3n) is 4.26. The van der Waals surface area contributed by atoms with Crippen molar-refractivity contribution in [3.05, 3.63) is 12.7 Å². The number of unbranched alkanes of at least 4 members (excludes halogenated alkanes) is 5. The van der Waals surface area contributed by atoms with E-state index in [1.165, 1.54) is 26.4 Å². The summed E-state index contributed by atoms with van der Waals surface area (Å²) in [6.07, 6.45) is 12.0. The van der Waals surface area contributed by atoms with Crippen LogP contribution in [0.5, 0.6) is 0 Å². The van der Waals surface area contributed by atoms with E-state index in [2.05, 4.69) is 6.58 Å². The maximum absolute atomic E-state index is 11.9. The smallest absolute Gasteiger partial charge is 0.309 e. The summed E-state index contributed by atoms with van der Waals surface area (Å²) in [5.41, 5.74) is 0. The molecule has 1 aliphatic carbocycles. The number of allylic oxidation sites excluding steroid dienone is 1. The van der Waals surface area contributed by atoms with Gasteiger partial charge in [-0.05, 0) is 32.1 Å². The van der Waals surface area contributed by atoms with Crippen molar-refractivity contribution in [3.63, 3.8) is 0 Å². The topological polar surface area (TPSA) is 43.4 Å². The minimum atomic E-state index is -0.205. The Bertz CT molecular complexity index is 322. The van der Waals surface area contributed by atoms with E-state index in [0.717, 1.165) is 38.5 Å². The number of rotatable bonds is 10. The van der Waals surface area contributed by atoms with Crippen LogP contribution in [0.15, 0.2) is 12.7 Å². The van der Waals surface area contributed by atoms with E-state index < -0.39 is 0 Å². The van der Waals surface area contributed by atoms with E-state index in [1.54, 1.807) is 0 Å². The second-order valence-corrected chi connectivity index (χ2v) is 5.73. The summed E-state index contributed by atoms with van der Waals surface area (Å²) in [6.45, 7) is 3.71. The van der Waals surface area contributed by atoms with Gasteiger partial charge in [0.25, 0.3) is 0 Å². The number of methoxy groups -OCH3 is 1. The van der Waals surface area contributed by atoms with Crippen molar-refractivity contribution in [3.8, 4) is 0 Å². The molecular weight excluding hydrogens is 252 g/mol. The maximum Gasteiger partial charge on any atom is 0.309 e. The first kappa shape index (κ1) is 16.9. The lowest BCUT2D eigenvalue weighted by molar-refractivity contribution is -0.149. The van der Waals surface area contributed by atoms with E-state index >= 15 is 0 Å². The van der Waals surface area contributed by atoms with Crippen LogP contribution in [-0.2, 0) is 14.3 Å². The summed E-state index contributed by atoms with van der Waals surface area (Å²) in [5.74, 6) is -0.227. The van der Waals surface area contributed by atoms with Gasteiger partial charge in [-0.3, -0.25) is 9.59 Å². The zero-order valence-electron chi connectivity index (χ0n) is 12.7. The van der Waals surface area contributed by atoms with Gasteiger partial charge in [-0.1, -0.05) is 31.8 Å². The van der Waals surface area contributed by atoms with Gasteiger partial charge in [0.2, 0.25) is 0 Å². The molecule has 0 amide bonds. The Morgan fingerprint density at radius 3 is 2.65 bits per heavy atom. The number of carbonyl (C=O) groups excluding carboxylic acids is 2. The van der Waals surface area contributed by atoms with Crippen LogP contribution in [-0.4, -0.2) is 18.9 Å². The number of esters is 1. The lowest BCUT2D eigenvalue weighted by atomic mass is 9.86. The molecule has 0 spiro atoms. The number of carbonyl (C=O) groups is 2. The lowest BCUT2D eigenvalue weighted by Crippen LogP contribution is -2.27. The van der Waals surface area contributed by atoms with Crippen molar-refractivity contribution in [2.45, 2.75) is 64.2 Å². The van der Waals surface area contributed by atoms with Crippen molar-refractivity contribution >= 4 is 11.8 Å². The van der Waals surface area contributed by atoms with Crippen LogP contribution >= 0.6 is 0 Å². The molecule has 1 saturated carbocycles. The van der Waals surface area contributed by atoms with Crippen LogP contribution in [0.1, 0.15) is 64.2 Å². The molecule has 3 heteroatoms. The van der Waals surface area contributed by atoms with E-state index in [1.807, 2.05) is 6.08 Å². The summed E-state index contributed by atoms with van der Waals surface area (Å²) < 4.78 is 4.88. The van der Waals surface area contributed by atoms with Crippen LogP contribution in [0.25, 0.3) is 0 Å². The molecule has 2 unspecified atom stereocenters. The molecule has 0 aromatic carbocycles. The number of Topliss-reactive ketones (excluding diaryl/α,β-unsaturated/α-hetero) is 1. The first-order chi connectivity index (χ1) is 9.70. The SMILES string of the molecule is C=CCCCCCCCC(C(=O)OC)C1CCCC1=O. The van der Waals surface area contributed by atoms with Gasteiger partial charge in [0, 0.05) is 12.3 Å². The number of ketones is 1. The van der Waals surface area contributed by atoms with Crippen molar-refractivity contribution in [2.75, 3.05) is 7.11 Å². The lowest BCUT2D eigenvalue weighted by Gasteiger charge is -2.19. The van der Waals surface area contributed by atoms with Crippen molar-refractivity contribution < 1.29 is 14.3 Å². The van der Waals surface area contributed by atoms with Gasteiger partial charge in [-0.15, -0.1) is 6.58 Å². The number of hydrogen-bond donors (Lipinski definition) is 0. The van der Waals surface area contributed by atoms with Crippen LogP contribution in [0.4, 0.5) is 0 Å². The Kier molecular flexibility index (Phi) is 8.24. The zero-order valence-corrected chi connectivity index (χ0v) is 12.7. The molecule has 0 aliphatic heterocycles. The normalized spacial score (nSPS) is 19.9. The molecule has 3 nitrogen and oxygen atoms in total. The molecule has 0 aromatic heterocycles. The van der Waals surface area contributed by atoms with Crippen molar-refractivity contribution in [2.24, 2.45) is 11.8 Å². The number of hydrogen-bond acceptors (Lipinski definition) is 3. The van der Waals surface area contributed by atoms with Gasteiger partial charge < -0.3 is 4.74 Å². The minimum Gasteiger partial charge on any atom is -0.469 e.